The smallest absolute Gasteiger partial charge is 0.0966 e. The lowest BCUT2D eigenvalue weighted by Gasteiger charge is -2.19. The van der Waals surface area contributed by atoms with Gasteiger partial charge in [-0.05, 0) is 53.9 Å². The average Bonchev–Trinajstić information content (AvgIpc) is 2.82. The Bertz CT molecular complexity index is 1320. The summed E-state index contributed by atoms with van der Waals surface area (Å²) in [6.07, 6.45) is 9.95. The van der Waals surface area contributed by atoms with Gasteiger partial charge in [-0.2, -0.15) is 0 Å². The van der Waals surface area contributed by atoms with Crippen LogP contribution >= 0.6 is 0 Å². The molecular formula is C25H21N5. The van der Waals surface area contributed by atoms with Crippen molar-refractivity contribution in [3.05, 3.63) is 91.1 Å². The second-order valence-electron chi connectivity index (χ2n) is 7.25. The quantitative estimate of drug-likeness (QED) is 0.410. The summed E-state index contributed by atoms with van der Waals surface area (Å²) < 4.78 is 0. The molecule has 3 aromatic heterocycles. The van der Waals surface area contributed by atoms with E-state index in [2.05, 4.69) is 74.6 Å². The Morgan fingerprint density at radius 2 is 1.70 bits per heavy atom. The SMILES string of the molecule is CCC(Nc1cc(-c2ccc3ncccc3c2)c2nccnc2c1)c1cccnc1. The molecule has 5 heteroatoms. The number of nitrogens with zero attached hydrogens (tertiary/aromatic N) is 4. The van der Waals surface area contributed by atoms with Crippen LogP contribution in [0.15, 0.2) is 85.6 Å². The second-order valence-corrected chi connectivity index (χ2v) is 7.25. The van der Waals surface area contributed by atoms with Crippen LogP contribution in [0.5, 0.6) is 0 Å². The highest BCUT2D eigenvalue weighted by molar-refractivity contribution is 5.96. The maximum absolute atomic E-state index is 4.62. The van der Waals surface area contributed by atoms with E-state index in [0.717, 1.165) is 50.7 Å². The van der Waals surface area contributed by atoms with Gasteiger partial charge in [-0.25, -0.2) is 0 Å². The van der Waals surface area contributed by atoms with Crippen LogP contribution in [0.1, 0.15) is 24.9 Å². The van der Waals surface area contributed by atoms with Crippen molar-refractivity contribution in [1.82, 2.24) is 19.9 Å². The summed E-state index contributed by atoms with van der Waals surface area (Å²) in [6.45, 7) is 2.17. The van der Waals surface area contributed by atoms with Gasteiger partial charge in [-0.15, -0.1) is 0 Å². The average molecular weight is 391 g/mol. The predicted octanol–water partition coefficient (Wildman–Crippen LogP) is 5.80. The zero-order chi connectivity index (χ0) is 20.3. The van der Waals surface area contributed by atoms with Crippen LogP contribution < -0.4 is 5.32 Å². The van der Waals surface area contributed by atoms with Crippen molar-refractivity contribution in [1.29, 1.82) is 0 Å². The topological polar surface area (TPSA) is 63.6 Å². The van der Waals surface area contributed by atoms with Crippen LogP contribution in [0.2, 0.25) is 0 Å². The molecule has 2 aromatic carbocycles. The van der Waals surface area contributed by atoms with E-state index in [9.17, 15) is 0 Å². The molecule has 0 saturated heterocycles. The van der Waals surface area contributed by atoms with Gasteiger partial charge in [0, 0.05) is 47.6 Å². The molecule has 0 spiro atoms. The van der Waals surface area contributed by atoms with Gasteiger partial charge < -0.3 is 5.32 Å². The molecule has 1 unspecified atom stereocenters. The zero-order valence-electron chi connectivity index (χ0n) is 16.7. The molecule has 0 radical (unpaired) electrons. The molecule has 1 N–H and O–H groups in total. The Kier molecular flexibility index (Phi) is 4.77. The van der Waals surface area contributed by atoms with Gasteiger partial charge in [-0.3, -0.25) is 19.9 Å². The third-order valence-electron chi connectivity index (χ3n) is 5.32. The van der Waals surface area contributed by atoms with E-state index < -0.39 is 0 Å². The standard InChI is InChI=1S/C25H21N5/c1-2-22(19-6-3-9-26-16-19)30-20-14-21(25-24(15-20)28-11-12-29-25)17-7-8-23-18(13-17)5-4-10-27-23/h3-16,22,30H,2H2,1H3. The summed E-state index contributed by atoms with van der Waals surface area (Å²) in [6, 6.07) is 18.8. The van der Waals surface area contributed by atoms with Crippen molar-refractivity contribution in [2.75, 3.05) is 5.32 Å². The zero-order valence-corrected chi connectivity index (χ0v) is 16.7. The molecule has 3 heterocycles. The fourth-order valence-electron chi connectivity index (χ4n) is 3.83. The van der Waals surface area contributed by atoms with Crippen molar-refractivity contribution < 1.29 is 0 Å². The van der Waals surface area contributed by atoms with E-state index in [-0.39, 0.29) is 6.04 Å². The van der Waals surface area contributed by atoms with Crippen molar-refractivity contribution in [3.63, 3.8) is 0 Å². The molecule has 0 aliphatic rings. The van der Waals surface area contributed by atoms with E-state index >= 15 is 0 Å². The minimum atomic E-state index is 0.168. The normalized spacial score (nSPS) is 12.2. The number of rotatable bonds is 5. The maximum atomic E-state index is 4.62. The van der Waals surface area contributed by atoms with Crippen molar-refractivity contribution >= 4 is 27.6 Å². The molecule has 5 rings (SSSR count). The lowest BCUT2D eigenvalue weighted by atomic mass is 10.00. The summed E-state index contributed by atoms with van der Waals surface area (Å²) >= 11 is 0. The Morgan fingerprint density at radius 3 is 2.57 bits per heavy atom. The number of fused-ring (bicyclic) bond motifs is 2. The largest absolute Gasteiger partial charge is 0.378 e. The summed E-state index contributed by atoms with van der Waals surface area (Å²) in [7, 11) is 0. The Balaban J connectivity index is 1.62. The Morgan fingerprint density at radius 1 is 0.833 bits per heavy atom. The van der Waals surface area contributed by atoms with E-state index in [1.54, 1.807) is 18.6 Å². The summed E-state index contributed by atoms with van der Waals surface area (Å²) in [5, 5.41) is 4.77. The van der Waals surface area contributed by atoms with E-state index in [1.807, 2.05) is 24.5 Å². The molecule has 5 aromatic rings. The van der Waals surface area contributed by atoms with Crippen LogP contribution in [0.3, 0.4) is 0 Å². The molecule has 0 fully saturated rings. The number of anilines is 1. The van der Waals surface area contributed by atoms with Gasteiger partial charge in [0.1, 0.15) is 0 Å². The maximum Gasteiger partial charge on any atom is 0.0966 e. The predicted molar refractivity (Wildman–Crippen MR) is 121 cm³/mol. The number of aromatic nitrogens is 4. The monoisotopic (exact) mass is 391 g/mol. The molecule has 5 nitrogen and oxygen atoms in total. The lowest BCUT2D eigenvalue weighted by Crippen LogP contribution is -2.10. The van der Waals surface area contributed by atoms with Crippen LogP contribution in [0.4, 0.5) is 5.69 Å². The molecular weight excluding hydrogens is 370 g/mol. The molecule has 1 atom stereocenters. The minimum absolute atomic E-state index is 0.168. The van der Waals surface area contributed by atoms with Gasteiger partial charge in [-0.1, -0.05) is 25.1 Å². The first kappa shape index (κ1) is 18.2. The third-order valence-corrected chi connectivity index (χ3v) is 5.32. The number of hydrogen-bond donors (Lipinski definition) is 1. The van der Waals surface area contributed by atoms with E-state index in [1.165, 1.54) is 0 Å². The fraction of sp³-hybridized carbons (Fsp3) is 0.120. The number of hydrogen-bond acceptors (Lipinski definition) is 5. The second kappa shape index (κ2) is 7.87. The molecule has 0 bridgehead atoms. The third kappa shape index (κ3) is 3.46. The van der Waals surface area contributed by atoms with Crippen LogP contribution in [-0.4, -0.2) is 19.9 Å². The Hall–Kier alpha value is -3.86. The van der Waals surface area contributed by atoms with Crippen LogP contribution in [-0.2, 0) is 0 Å². The lowest BCUT2D eigenvalue weighted by molar-refractivity contribution is 0.745. The highest BCUT2D eigenvalue weighted by Gasteiger charge is 2.13. The molecule has 0 aliphatic heterocycles. The number of benzene rings is 2. The summed E-state index contributed by atoms with van der Waals surface area (Å²) in [5.41, 5.74) is 7.06. The summed E-state index contributed by atoms with van der Waals surface area (Å²) in [4.78, 5) is 17.9. The molecule has 0 aliphatic carbocycles. The Labute approximate surface area is 174 Å². The van der Waals surface area contributed by atoms with E-state index in [0.29, 0.717) is 0 Å². The van der Waals surface area contributed by atoms with Gasteiger partial charge in [0.2, 0.25) is 0 Å². The van der Waals surface area contributed by atoms with E-state index in [4.69, 9.17) is 0 Å². The first-order chi connectivity index (χ1) is 14.8. The molecule has 30 heavy (non-hydrogen) atoms. The number of pyridine rings is 2. The highest BCUT2D eigenvalue weighted by Crippen LogP contribution is 2.33. The first-order valence-electron chi connectivity index (χ1n) is 10.1. The van der Waals surface area contributed by atoms with Crippen LogP contribution in [0.25, 0.3) is 33.1 Å². The van der Waals surface area contributed by atoms with Crippen molar-refractivity contribution in [2.45, 2.75) is 19.4 Å². The minimum Gasteiger partial charge on any atom is -0.378 e. The summed E-state index contributed by atoms with van der Waals surface area (Å²) in [5.74, 6) is 0. The van der Waals surface area contributed by atoms with Crippen molar-refractivity contribution in [3.8, 4) is 11.1 Å². The van der Waals surface area contributed by atoms with Gasteiger partial charge in [0.25, 0.3) is 0 Å². The van der Waals surface area contributed by atoms with Gasteiger partial charge >= 0.3 is 0 Å². The highest BCUT2D eigenvalue weighted by atomic mass is 14.9. The van der Waals surface area contributed by atoms with Gasteiger partial charge in [0.15, 0.2) is 0 Å². The first-order valence-corrected chi connectivity index (χ1v) is 10.1. The fourth-order valence-corrected chi connectivity index (χ4v) is 3.83. The number of nitrogens with one attached hydrogen (secondary N) is 1. The van der Waals surface area contributed by atoms with Crippen LogP contribution in [0, 0.1) is 0 Å². The van der Waals surface area contributed by atoms with Crippen molar-refractivity contribution in [2.24, 2.45) is 0 Å². The van der Waals surface area contributed by atoms with Gasteiger partial charge in [0.05, 0.1) is 22.6 Å². The molecule has 0 amide bonds. The molecule has 146 valence electrons. The molecule has 0 saturated carbocycles.